The second-order valence-corrected chi connectivity index (χ2v) is 5.83. The highest BCUT2D eigenvalue weighted by molar-refractivity contribution is 7.10. The molecule has 1 amide bonds. The number of hydrogen-bond donors (Lipinski definition) is 1. The van der Waals surface area contributed by atoms with Gasteiger partial charge < -0.3 is 10.1 Å². The molecule has 0 atom stereocenters. The summed E-state index contributed by atoms with van der Waals surface area (Å²) in [7, 11) is 0. The molecular formula is C14H19NO2S. The first-order valence-electron chi connectivity index (χ1n) is 5.88. The zero-order chi connectivity index (χ0) is 13.6. The summed E-state index contributed by atoms with van der Waals surface area (Å²) in [6.07, 6.45) is 0.230. The highest BCUT2D eigenvalue weighted by Gasteiger charge is 2.15. The second kappa shape index (κ2) is 6.46. The van der Waals surface area contributed by atoms with E-state index in [0.717, 1.165) is 4.88 Å². The van der Waals surface area contributed by atoms with Gasteiger partial charge in [-0.15, -0.1) is 11.3 Å². The van der Waals surface area contributed by atoms with Crippen LogP contribution in [0, 0.1) is 18.8 Å². The third-order valence-electron chi connectivity index (χ3n) is 1.98. The number of carbonyl (C=O) groups excluding carboxylic acids is 1. The van der Waals surface area contributed by atoms with Gasteiger partial charge in [-0.05, 0) is 44.7 Å². The van der Waals surface area contributed by atoms with Gasteiger partial charge in [0.05, 0.1) is 4.88 Å². The fraction of sp³-hybridized carbons (Fsp3) is 0.500. The Labute approximate surface area is 113 Å². The molecule has 1 N–H and O–H groups in total. The summed E-state index contributed by atoms with van der Waals surface area (Å²) < 4.78 is 5.11. The number of carbonyl (C=O) groups is 1. The Kier molecular flexibility index (Phi) is 5.24. The van der Waals surface area contributed by atoms with Gasteiger partial charge in [0.25, 0.3) is 0 Å². The number of nitrogens with one attached hydrogen (secondary N) is 1. The standard InChI is InChI=1S/C14H19NO2S/c1-11-8-10-18-12(11)7-5-6-9-15-13(16)17-14(2,3)4/h8,10H,6,9H2,1-4H3,(H,15,16). The molecule has 0 aliphatic rings. The Morgan fingerprint density at radius 2 is 2.22 bits per heavy atom. The molecule has 1 aromatic heterocycles. The zero-order valence-electron chi connectivity index (χ0n) is 11.3. The lowest BCUT2D eigenvalue weighted by Gasteiger charge is -2.19. The van der Waals surface area contributed by atoms with E-state index in [-0.39, 0.29) is 0 Å². The van der Waals surface area contributed by atoms with E-state index in [1.165, 1.54) is 5.56 Å². The van der Waals surface area contributed by atoms with Crippen molar-refractivity contribution in [2.24, 2.45) is 0 Å². The molecule has 1 rings (SSSR count). The van der Waals surface area contributed by atoms with Gasteiger partial charge in [-0.2, -0.15) is 0 Å². The number of aryl methyl sites for hydroxylation is 1. The van der Waals surface area contributed by atoms with Crippen LogP contribution in [-0.4, -0.2) is 18.2 Å². The lowest BCUT2D eigenvalue weighted by molar-refractivity contribution is 0.0529. The van der Waals surface area contributed by atoms with Crippen LogP contribution < -0.4 is 5.32 Å². The first-order chi connectivity index (χ1) is 8.38. The summed E-state index contributed by atoms with van der Waals surface area (Å²) in [5, 5.41) is 4.70. The van der Waals surface area contributed by atoms with Crippen LogP contribution in [0.1, 0.15) is 37.6 Å². The van der Waals surface area contributed by atoms with Crippen LogP contribution in [0.5, 0.6) is 0 Å². The maximum Gasteiger partial charge on any atom is 0.407 e. The van der Waals surface area contributed by atoms with Crippen LogP contribution >= 0.6 is 11.3 Å². The number of ether oxygens (including phenoxy) is 1. The van der Waals surface area contributed by atoms with Crippen molar-refractivity contribution in [3.05, 3.63) is 21.9 Å². The van der Waals surface area contributed by atoms with E-state index in [0.29, 0.717) is 13.0 Å². The van der Waals surface area contributed by atoms with Gasteiger partial charge in [-0.25, -0.2) is 4.79 Å². The van der Waals surface area contributed by atoms with E-state index in [2.05, 4.69) is 17.2 Å². The summed E-state index contributed by atoms with van der Waals surface area (Å²) in [4.78, 5) is 12.4. The average Bonchev–Trinajstić information content (AvgIpc) is 2.61. The maximum atomic E-state index is 11.3. The maximum absolute atomic E-state index is 11.3. The van der Waals surface area contributed by atoms with Crippen molar-refractivity contribution in [1.29, 1.82) is 0 Å². The van der Waals surface area contributed by atoms with Gasteiger partial charge in [-0.3, -0.25) is 0 Å². The molecule has 4 heteroatoms. The molecule has 0 aliphatic heterocycles. The van der Waals surface area contributed by atoms with E-state index >= 15 is 0 Å². The van der Waals surface area contributed by atoms with Crippen molar-refractivity contribution < 1.29 is 9.53 Å². The van der Waals surface area contributed by atoms with E-state index in [9.17, 15) is 4.79 Å². The van der Waals surface area contributed by atoms with Gasteiger partial charge in [-0.1, -0.05) is 11.8 Å². The Morgan fingerprint density at radius 1 is 1.50 bits per heavy atom. The predicted octanol–water partition coefficient (Wildman–Crippen LogP) is 3.32. The Bertz CT molecular complexity index is 460. The average molecular weight is 265 g/mol. The smallest absolute Gasteiger partial charge is 0.407 e. The number of thiophene rings is 1. The fourth-order valence-corrected chi connectivity index (χ4v) is 1.98. The molecule has 0 aromatic carbocycles. The summed E-state index contributed by atoms with van der Waals surface area (Å²) >= 11 is 1.64. The molecular weight excluding hydrogens is 246 g/mol. The van der Waals surface area contributed by atoms with Gasteiger partial charge in [0.1, 0.15) is 5.60 Å². The zero-order valence-corrected chi connectivity index (χ0v) is 12.1. The van der Waals surface area contributed by atoms with Crippen LogP contribution in [-0.2, 0) is 4.74 Å². The minimum atomic E-state index is -0.455. The number of rotatable bonds is 2. The summed E-state index contributed by atoms with van der Waals surface area (Å²) in [5.74, 6) is 6.13. The monoisotopic (exact) mass is 265 g/mol. The van der Waals surface area contributed by atoms with E-state index < -0.39 is 11.7 Å². The predicted molar refractivity (Wildman–Crippen MR) is 74.8 cm³/mol. The molecule has 0 bridgehead atoms. The van der Waals surface area contributed by atoms with Crippen molar-refractivity contribution in [3.63, 3.8) is 0 Å². The lowest BCUT2D eigenvalue weighted by atomic mass is 10.2. The molecule has 0 spiro atoms. The largest absolute Gasteiger partial charge is 0.444 e. The van der Waals surface area contributed by atoms with Crippen LogP contribution in [0.4, 0.5) is 4.79 Å². The molecule has 0 unspecified atom stereocenters. The highest BCUT2D eigenvalue weighted by Crippen LogP contribution is 2.13. The molecule has 18 heavy (non-hydrogen) atoms. The molecule has 0 fully saturated rings. The SMILES string of the molecule is Cc1ccsc1C#CCCNC(=O)OC(C)(C)C. The minimum Gasteiger partial charge on any atom is -0.444 e. The van der Waals surface area contributed by atoms with Gasteiger partial charge in [0, 0.05) is 13.0 Å². The van der Waals surface area contributed by atoms with Crippen LogP contribution in [0.3, 0.4) is 0 Å². The summed E-state index contributed by atoms with van der Waals surface area (Å²) in [5.41, 5.74) is 0.747. The summed E-state index contributed by atoms with van der Waals surface area (Å²) in [6, 6.07) is 2.05. The molecule has 3 nitrogen and oxygen atoms in total. The van der Waals surface area contributed by atoms with Crippen LogP contribution in [0.2, 0.25) is 0 Å². The minimum absolute atomic E-state index is 0.392. The third-order valence-corrected chi connectivity index (χ3v) is 2.91. The molecule has 0 saturated carbocycles. The van der Waals surface area contributed by atoms with Gasteiger partial charge in [0.15, 0.2) is 0 Å². The fourth-order valence-electron chi connectivity index (χ4n) is 1.18. The van der Waals surface area contributed by atoms with Gasteiger partial charge >= 0.3 is 6.09 Å². The lowest BCUT2D eigenvalue weighted by Crippen LogP contribution is -2.32. The highest BCUT2D eigenvalue weighted by atomic mass is 32.1. The molecule has 98 valence electrons. The second-order valence-electron chi connectivity index (χ2n) is 4.91. The first kappa shape index (κ1) is 14.6. The first-order valence-corrected chi connectivity index (χ1v) is 6.76. The normalized spacial score (nSPS) is 10.4. The Hall–Kier alpha value is -1.47. The molecule has 0 saturated heterocycles. The van der Waals surface area contributed by atoms with Crippen LogP contribution in [0.25, 0.3) is 0 Å². The quantitative estimate of drug-likeness (QED) is 0.658. The van der Waals surface area contributed by atoms with Crippen molar-refractivity contribution in [2.75, 3.05) is 6.54 Å². The van der Waals surface area contributed by atoms with Crippen LogP contribution in [0.15, 0.2) is 11.4 Å². The van der Waals surface area contributed by atoms with Crippen molar-refractivity contribution in [1.82, 2.24) is 5.32 Å². The van der Waals surface area contributed by atoms with Gasteiger partial charge in [0.2, 0.25) is 0 Å². The Morgan fingerprint density at radius 3 is 2.78 bits per heavy atom. The molecule has 0 aliphatic carbocycles. The van der Waals surface area contributed by atoms with E-state index in [4.69, 9.17) is 4.74 Å². The third kappa shape index (κ3) is 5.74. The number of alkyl carbamates (subject to hydrolysis) is 1. The van der Waals surface area contributed by atoms with E-state index in [1.807, 2.05) is 39.1 Å². The summed E-state index contributed by atoms with van der Waals surface area (Å²) in [6.45, 7) is 8.07. The Balaban J connectivity index is 2.26. The molecule has 1 heterocycles. The van der Waals surface area contributed by atoms with Crippen molar-refractivity contribution >= 4 is 17.4 Å². The van der Waals surface area contributed by atoms with Crippen molar-refractivity contribution in [3.8, 4) is 11.8 Å². The molecule has 1 aromatic rings. The topological polar surface area (TPSA) is 38.3 Å². The number of hydrogen-bond acceptors (Lipinski definition) is 3. The molecule has 0 radical (unpaired) electrons. The number of amides is 1. The van der Waals surface area contributed by atoms with Crippen molar-refractivity contribution in [2.45, 2.75) is 39.7 Å². The van der Waals surface area contributed by atoms with E-state index in [1.54, 1.807) is 11.3 Å².